The zero-order valence-corrected chi connectivity index (χ0v) is 12.8. The summed E-state index contributed by atoms with van der Waals surface area (Å²) in [4.78, 5) is 2.30. The van der Waals surface area contributed by atoms with E-state index >= 15 is 0 Å². The number of sulfonamides is 1. The predicted octanol–water partition coefficient (Wildman–Crippen LogP) is 0.842. The van der Waals surface area contributed by atoms with Gasteiger partial charge in [-0.15, -0.1) is 11.3 Å². The van der Waals surface area contributed by atoms with Crippen LogP contribution in [0, 0.1) is 0 Å². The third kappa shape index (κ3) is 4.25. The lowest BCUT2D eigenvalue weighted by atomic mass is 10.3. The summed E-state index contributed by atoms with van der Waals surface area (Å²) in [6, 6.07) is 1.74. The number of rotatable bonds is 7. The van der Waals surface area contributed by atoms with E-state index in [1.54, 1.807) is 6.07 Å². The van der Waals surface area contributed by atoms with E-state index in [0.29, 0.717) is 17.3 Å². The molecule has 0 unspecified atom stereocenters. The highest BCUT2D eigenvalue weighted by Crippen LogP contribution is 2.19. The van der Waals surface area contributed by atoms with E-state index in [1.807, 2.05) is 12.4 Å². The van der Waals surface area contributed by atoms with E-state index in [9.17, 15) is 8.42 Å². The first-order valence-corrected chi connectivity index (χ1v) is 8.92. The van der Waals surface area contributed by atoms with Crippen LogP contribution in [0.15, 0.2) is 15.7 Å². The smallest absolute Gasteiger partial charge is 0.250 e. The molecule has 2 heterocycles. The number of likely N-dealkylation sites (tertiary alicyclic amines) is 1. The van der Waals surface area contributed by atoms with Crippen molar-refractivity contribution in [3.05, 3.63) is 17.0 Å². The molecule has 108 valence electrons. The maximum absolute atomic E-state index is 12.1. The summed E-state index contributed by atoms with van der Waals surface area (Å²) >= 11 is 1.28. The molecule has 2 rings (SSSR count). The van der Waals surface area contributed by atoms with Crippen LogP contribution in [-0.2, 0) is 16.6 Å². The van der Waals surface area contributed by atoms with E-state index < -0.39 is 10.0 Å². The van der Waals surface area contributed by atoms with Crippen molar-refractivity contribution < 1.29 is 8.42 Å². The highest BCUT2D eigenvalue weighted by atomic mass is 32.2. The summed E-state index contributed by atoms with van der Waals surface area (Å²) in [7, 11) is -1.49. The molecule has 0 aromatic carbocycles. The fourth-order valence-electron chi connectivity index (χ4n) is 2.21. The van der Waals surface area contributed by atoms with Crippen molar-refractivity contribution in [1.29, 1.82) is 0 Å². The van der Waals surface area contributed by atoms with E-state index in [1.165, 1.54) is 24.2 Å². The first-order chi connectivity index (χ1) is 9.12. The average molecular weight is 303 g/mol. The van der Waals surface area contributed by atoms with Crippen molar-refractivity contribution in [3.63, 3.8) is 0 Å². The average Bonchev–Trinajstić information content (AvgIpc) is 3.00. The number of hydrogen-bond donors (Lipinski definition) is 2. The number of nitrogens with one attached hydrogen (secondary N) is 2. The number of hydrogen-bond acceptors (Lipinski definition) is 5. The SMILES string of the molecule is CNCc1csc(S(=O)(=O)NCCN2CCCC2)c1. The Morgan fingerprint density at radius 3 is 2.79 bits per heavy atom. The van der Waals surface area contributed by atoms with Gasteiger partial charge < -0.3 is 10.2 Å². The monoisotopic (exact) mass is 303 g/mol. The Morgan fingerprint density at radius 1 is 1.37 bits per heavy atom. The second-order valence-corrected chi connectivity index (χ2v) is 7.66. The Labute approximate surface area is 119 Å². The van der Waals surface area contributed by atoms with Crippen molar-refractivity contribution in [2.75, 3.05) is 33.2 Å². The second-order valence-electron chi connectivity index (χ2n) is 4.75. The molecule has 1 aromatic rings. The molecule has 0 saturated carbocycles. The summed E-state index contributed by atoms with van der Waals surface area (Å²) in [5.74, 6) is 0. The molecule has 5 nitrogen and oxygen atoms in total. The van der Waals surface area contributed by atoms with Crippen molar-refractivity contribution in [3.8, 4) is 0 Å². The topological polar surface area (TPSA) is 61.4 Å². The molecule has 1 aliphatic heterocycles. The van der Waals surface area contributed by atoms with Crippen LogP contribution >= 0.6 is 11.3 Å². The zero-order valence-electron chi connectivity index (χ0n) is 11.2. The maximum atomic E-state index is 12.1. The second kappa shape index (κ2) is 6.81. The molecule has 1 fully saturated rings. The summed E-state index contributed by atoms with van der Waals surface area (Å²) < 4.78 is 27.2. The summed E-state index contributed by atoms with van der Waals surface area (Å²) in [5.41, 5.74) is 1.01. The summed E-state index contributed by atoms with van der Waals surface area (Å²) in [5, 5.41) is 4.89. The molecule has 2 N–H and O–H groups in total. The standard InChI is InChI=1S/C12H21N3O2S2/c1-13-9-11-8-12(18-10-11)19(16,17)14-4-7-15-5-2-3-6-15/h8,10,13-14H,2-7,9H2,1H3. The predicted molar refractivity (Wildman–Crippen MR) is 77.9 cm³/mol. The zero-order chi connectivity index (χ0) is 13.7. The van der Waals surface area contributed by atoms with Gasteiger partial charge in [0, 0.05) is 19.6 Å². The van der Waals surface area contributed by atoms with Gasteiger partial charge in [-0.2, -0.15) is 0 Å². The normalized spacial score (nSPS) is 17.1. The first kappa shape index (κ1) is 14.9. The van der Waals surface area contributed by atoms with Crippen molar-refractivity contribution in [2.45, 2.75) is 23.6 Å². The Hall–Kier alpha value is -0.470. The van der Waals surface area contributed by atoms with E-state index in [4.69, 9.17) is 0 Å². The minimum Gasteiger partial charge on any atom is -0.316 e. The minimum absolute atomic E-state index is 0.402. The molecule has 0 aliphatic carbocycles. The van der Waals surface area contributed by atoms with Crippen LogP contribution in [0.4, 0.5) is 0 Å². The van der Waals surface area contributed by atoms with Gasteiger partial charge >= 0.3 is 0 Å². The van der Waals surface area contributed by atoms with Crippen LogP contribution in [0.2, 0.25) is 0 Å². The molecular weight excluding hydrogens is 282 g/mol. The fourth-order valence-corrected chi connectivity index (χ4v) is 4.48. The van der Waals surface area contributed by atoms with E-state index in [2.05, 4.69) is 14.9 Å². The molecule has 7 heteroatoms. The van der Waals surface area contributed by atoms with Gasteiger partial charge in [0.15, 0.2) is 0 Å². The lowest BCUT2D eigenvalue weighted by molar-refractivity contribution is 0.344. The Balaban J connectivity index is 1.85. The van der Waals surface area contributed by atoms with Crippen LogP contribution in [-0.4, -0.2) is 46.5 Å². The van der Waals surface area contributed by atoms with Crippen LogP contribution in [0.3, 0.4) is 0 Å². The number of nitrogens with zero attached hydrogens (tertiary/aromatic N) is 1. The maximum Gasteiger partial charge on any atom is 0.250 e. The van der Waals surface area contributed by atoms with E-state index in [0.717, 1.165) is 25.2 Å². The van der Waals surface area contributed by atoms with Crippen LogP contribution in [0.25, 0.3) is 0 Å². The Morgan fingerprint density at radius 2 is 2.11 bits per heavy atom. The van der Waals surface area contributed by atoms with Gasteiger partial charge in [-0.25, -0.2) is 13.1 Å². The molecular formula is C12H21N3O2S2. The molecule has 19 heavy (non-hydrogen) atoms. The van der Waals surface area contributed by atoms with Crippen molar-refractivity contribution in [2.24, 2.45) is 0 Å². The Bertz CT molecular complexity index is 493. The molecule has 1 aromatic heterocycles. The molecule has 0 radical (unpaired) electrons. The van der Waals surface area contributed by atoms with Crippen LogP contribution in [0.1, 0.15) is 18.4 Å². The Kier molecular flexibility index (Phi) is 5.35. The lowest BCUT2D eigenvalue weighted by Crippen LogP contribution is -2.33. The molecule has 0 atom stereocenters. The van der Waals surface area contributed by atoms with Gasteiger partial charge in [-0.3, -0.25) is 0 Å². The van der Waals surface area contributed by atoms with Gasteiger partial charge in [-0.05, 0) is 50.0 Å². The number of thiophene rings is 1. The van der Waals surface area contributed by atoms with Crippen molar-refractivity contribution in [1.82, 2.24) is 14.9 Å². The largest absolute Gasteiger partial charge is 0.316 e. The quantitative estimate of drug-likeness (QED) is 0.784. The van der Waals surface area contributed by atoms with Gasteiger partial charge in [0.2, 0.25) is 10.0 Å². The highest BCUT2D eigenvalue weighted by Gasteiger charge is 2.17. The molecule has 1 aliphatic rings. The fraction of sp³-hybridized carbons (Fsp3) is 0.667. The van der Waals surface area contributed by atoms with Crippen molar-refractivity contribution >= 4 is 21.4 Å². The molecule has 1 saturated heterocycles. The van der Waals surface area contributed by atoms with Gasteiger partial charge in [-0.1, -0.05) is 0 Å². The molecule has 0 spiro atoms. The lowest BCUT2D eigenvalue weighted by Gasteiger charge is -2.14. The van der Waals surface area contributed by atoms with Gasteiger partial charge in [0.25, 0.3) is 0 Å². The van der Waals surface area contributed by atoms with Gasteiger partial charge in [0.1, 0.15) is 4.21 Å². The minimum atomic E-state index is -3.34. The third-order valence-corrected chi connectivity index (χ3v) is 6.14. The molecule has 0 amide bonds. The third-order valence-electron chi connectivity index (χ3n) is 3.19. The van der Waals surface area contributed by atoms with Crippen LogP contribution < -0.4 is 10.0 Å². The van der Waals surface area contributed by atoms with E-state index in [-0.39, 0.29) is 0 Å². The highest BCUT2D eigenvalue weighted by molar-refractivity contribution is 7.91. The summed E-state index contributed by atoms with van der Waals surface area (Å²) in [6.45, 7) is 4.16. The molecule has 0 bridgehead atoms. The summed E-state index contributed by atoms with van der Waals surface area (Å²) in [6.07, 6.45) is 2.45. The van der Waals surface area contributed by atoms with Crippen LogP contribution in [0.5, 0.6) is 0 Å². The van der Waals surface area contributed by atoms with Gasteiger partial charge in [0.05, 0.1) is 0 Å². The first-order valence-electron chi connectivity index (χ1n) is 6.56.